The Hall–Kier alpha value is -4.10. The molecule has 4 atom stereocenters. The van der Waals surface area contributed by atoms with Crippen LogP contribution in [0.5, 0.6) is 11.5 Å². The molecule has 36 heavy (non-hydrogen) atoms. The largest absolute Gasteiger partial charge is 0.454 e. The number of nitrogens with zero attached hydrogens (tertiary/aromatic N) is 2. The highest BCUT2D eigenvalue weighted by Gasteiger charge is 2.64. The van der Waals surface area contributed by atoms with Crippen LogP contribution in [0.4, 0.5) is 5.69 Å². The van der Waals surface area contributed by atoms with E-state index in [2.05, 4.69) is 0 Å². The molecule has 3 aromatic rings. The first-order valence-corrected chi connectivity index (χ1v) is 12.0. The maximum absolute atomic E-state index is 14.0. The van der Waals surface area contributed by atoms with Crippen molar-refractivity contribution in [2.45, 2.75) is 12.1 Å². The van der Waals surface area contributed by atoms with Gasteiger partial charge in [-0.05, 0) is 53.6 Å². The lowest BCUT2D eigenvalue weighted by Crippen LogP contribution is -2.44. The van der Waals surface area contributed by atoms with Crippen molar-refractivity contribution < 1.29 is 23.9 Å². The van der Waals surface area contributed by atoms with Crippen LogP contribution >= 0.6 is 11.6 Å². The number of ether oxygens (including phenoxy) is 2. The van der Waals surface area contributed by atoms with E-state index in [0.717, 1.165) is 11.1 Å². The lowest BCUT2D eigenvalue weighted by molar-refractivity contribution is -0.123. The minimum Gasteiger partial charge on any atom is -0.454 e. The molecule has 0 N–H and O–H groups in total. The van der Waals surface area contributed by atoms with Crippen LogP contribution in [-0.2, 0) is 9.59 Å². The zero-order valence-electron chi connectivity index (χ0n) is 18.8. The lowest BCUT2D eigenvalue weighted by Gasteiger charge is -2.35. The first-order valence-electron chi connectivity index (χ1n) is 11.6. The minimum atomic E-state index is -0.841. The van der Waals surface area contributed by atoms with Crippen molar-refractivity contribution in [3.8, 4) is 11.5 Å². The van der Waals surface area contributed by atoms with E-state index in [0.29, 0.717) is 27.8 Å². The van der Waals surface area contributed by atoms with E-state index < -0.39 is 29.8 Å². The number of hydrogen-bond donors (Lipinski definition) is 0. The Balaban J connectivity index is 1.36. The number of fused-ring (bicyclic) bond motifs is 6. The molecule has 178 valence electrons. The van der Waals surface area contributed by atoms with E-state index in [1.54, 1.807) is 42.5 Å². The van der Waals surface area contributed by atoms with Crippen LogP contribution in [0.1, 0.15) is 27.5 Å². The zero-order chi connectivity index (χ0) is 24.6. The maximum Gasteiger partial charge on any atom is 0.240 e. The second-order valence-electron chi connectivity index (χ2n) is 9.25. The summed E-state index contributed by atoms with van der Waals surface area (Å²) >= 11 is 6.04. The van der Waals surface area contributed by atoms with Gasteiger partial charge < -0.3 is 14.4 Å². The van der Waals surface area contributed by atoms with Gasteiger partial charge in [-0.3, -0.25) is 14.4 Å². The standard InChI is InChI=1S/C28H19ClN2O5/c29-17-7-5-16(6-8-17)26(32)25-23-22(24-19-4-2-1-3-15(19)11-12-30(24)25)27(33)31(28(23)34)18-9-10-20-21(13-18)36-14-35-20/h1-13,22-25H,14H2/t22-,23+,24+,25-/m0/s1. The topological polar surface area (TPSA) is 76.1 Å². The fourth-order valence-corrected chi connectivity index (χ4v) is 6.05. The van der Waals surface area contributed by atoms with E-state index >= 15 is 0 Å². The number of carbonyl (C=O) groups excluding carboxylic acids is 3. The minimum absolute atomic E-state index is 0.0871. The predicted molar refractivity (Wildman–Crippen MR) is 132 cm³/mol. The molecule has 2 saturated heterocycles. The summed E-state index contributed by atoms with van der Waals surface area (Å²) in [7, 11) is 0. The summed E-state index contributed by atoms with van der Waals surface area (Å²) in [5, 5.41) is 0.515. The molecule has 4 aliphatic heterocycles. The van der Waals surface area contributed by atoms with E-state index in [9.17, 15) is 14.4 Å². The van der Waals surface area contributed by atoms with Gasteiger partial charge in [0.05, 0.1) is 23.6 Å². The van der Waals surface area contributed by atoms with Gasteiger partial charge in [-0.15, -0.1) is 0 Å². The Kier molecular flexibility index (Phi) is 4.53. The first-order chi connectivity index (χ1) is 17.5. The third-order valence-electron chi connectivity index (χ3n) is 7.47. The van der Waals surface area contributed by atoms with Crippen LogP contribution in [0.3, 0.4) is 0 Å². The number of Topliss-reactive ketones (excluding diaryl/α,β-unsaturated/α-hetero) is 1. The SMILES string of the molecule is O=C(c1ccc(Cl)cc1)[C@@H]1[C@@H]2C(=O)N(c3ccc4c(c3)OCO4)C(=O)[C@@H]2[C@H]2c3ccccc3C=CN12. The molecule has 2 amide bonds. The van der Waals surface area contributed by atoms with E-state index in [4.69, 9.17) is 21.1 Å². The Labute approximate surface area is 211 Å². The Morgan fingerprint density at radius 1 is 0.889 bits per heavy atom. The monoisotopic (exact) mass is 498 g/mol. The van der Waals surface area contributed by atoms with Crippen molar-refractivity contribution >= 4 is 41.0 Å². The summed E-state index contributed by atoms with van der Waals surface area (Å²) < 4.78 is 10.8. The van der Waals surface area contributed by atoms with Crippen molar-refractivity contribution in [3.05, 3.63) is 94.6 Å². The molecule has 7 rings (SSSR count). The van der Waals surface area contributed by atoms with Crippen molar-refractivity contribution in [1.82, 2.24) is 4.90 Å². The van der Waals surface area contributed by atoms with E-state index in [1.165, 1.54) is 4.90 Å². The van der Waals surface area contributed by atoms with Crippen LogP contribution in [0.25, 0.3) is 6.08 Å². The average molecular weight is 499 g/mol. The molecule has 2 fully saturated rings. The quantitative estimate of drug-likeness (QED) is 0.392. The molecule has 7 nitrogen and oxygen atoms in total. The van der Waals surface area contributed by atoms with Crippen LogP contribution < -0.4 is 14.4 Å². The number of benzene rings is 3. The Morgan fingerprint density at radius 3 is 2.47 bits per heavy atom. The molecule has 0 radical (unpaired) electrons. The molecule has 8 heteroatoms. The van der Waals surface area contributed by atoms with Crippen molar-refractivity contribution in [3.63, 3.8) is 0 Å². The highest BCUT2D eigenvalue weighted by Crippen LogP contribution is 2.54. The smallest absolute Gasteiger partial charge is 0.240 e. The van der Waals surface area contributed by atoms with Crippen LogP contribution in [0.2, 0.25) is 5.02 Å². The summed E-state index contributed by atoms with van der Waals surface area (Å²) in [6.07, 6.45) is 3.77. The fourth-order valence-electron chi connectivity index (χ4n) is 5.92. The van der Waals surface area contributed by atoms with Gasteiger partial charge in [-0.2, -0.15) is 0 Å². The summed E-state index contributed by atoms with van der Waals surface area (Å²) in [6.45, 7) is 0.0871. The Bertz CT molecular complexity index is 1480. The summed E-state index contributed by atoms with van der Waals surface area (Å²) in [5.41, 5.74) is 2.75. The van der Waals surface area contributed by atoms with Crippen LogP contribution in [0.15, 0.2) is 72.9 Å². The summed E-state index contributed by atoms with van der Waals surface area (Å²) in [5.74, 6) is -1.45. The lowest BCUT2D eigenvalue weighted by atomic mass is 9.83. The third kappa shape index (κ3) is 2.89. The summed E-state index contributed by atoms with van der Waals surface area (Å²) in [6, 6.07) is 18.1. The molecular formula is C28H19ClN2O5. The number of ketones is 1. The molecule has 0 spiro atoms. The zero-order valence-corrected chi connectivity index (χ0v) is 19.6. The van der Waals surface area contributed by atoms with Gasteiger partial charge in [-0.1, -0.05) is 35.9 Å². The van der Waals surface area contributed by atoms with Gasteiger partial charge in [0.25, 0.3) is 0 Å². The van der Waals surface area contributed by atoms with Gasteiger partial charge in [0, 0.05) is 22.9 Å². The molecule has 0 aliphatic carbocycles. The van der Waals surface area contributed by atoms with Crippen molar-refractivity contribution in [2.24, 2.45) is 11.8 Å². The molecule has 0 unspecified atom stereocenters. The number of anilines is 1. The normalized spacial score (nSPS) is 25.1. The molecule has 0 aromatic heterocycles. The number of hydrogen-bond acceptors (Lipinski definition) is 6. The summed E-state index contributed by atoms with van der Waals surface area (Å²) in [4.78, 5) is 44.9. The Morgan fingerprint density at radius 2 is 1.64 bits per heavy atom. The fraction of sp³-hybridized carbons (Fsp3) is 0.179. The number of rotatable bonds is 3. The molecular weight excluding hydrogens is 480 g/mol. The molecule has 4 heterocycles. The molecule has 0 saturated carbocycles. The molecule has 3 aromatic carbocycles. The second-order valence-corrected chi connectivity index (χ2v) is 9.69. The van der Waals surface area contributed by atoms with Gasteiger partial charge in [0.2, 0.25) is 18.6 Å². The molecule has 0 bridgehead atoms. The number of carbonyl (C=O) groups is 3. The first kappa shape index (κ1) is 21.2. The van der Waals surface area contributed by atoms with Crippen LogP contribution in [0, 0.1) is 11.8 Å². The van der Waals surface area contributed by atoms with Gasteiger partial charge in [0.1, 0.15) is 6.04 Å². The number of imide groups is 1. The number of amides is 2. The van der Waals surface area contributed by atoms with E-state index in [1.807, 2.05) is 41.4 Å². The molecule has 4 aliphatic rings. The van der Waals surface area contributed by atoms with Crippen molar-refractivity contribution in [1.29, 1.82) is 0 Å². The number of halogens is 1. The third-order valence-corrected chi connectivity index (χ3v) is 7.73. The highest BCUT2D eigenvalue weighted by molar-refractivity contribution is 6.30. The van der Waals surface area contributed by atoms with Crippen LogP contribution in [-0.4, -0.2) is 35.3 Å². The van der Waals surface area contributed by atoms with Crippen molar-refractivity contribution in [2.75, 3.05) is 11.7 Å². The van der Waals surface area contributed by atoms with E-state index in [-0.39, 0.29) is 18.5 Å². The van der Waals surface area contributed by atoms with Gasteiger partial charge >= 0.3 is 0 Å². The second kappa shape index (κ2) is 7.70. The van der Waals surface area contributed by atoms with Gasteiger partial charge in [0.15, 0.2) is 17.3 Å². The average Bonchev–Trinajstić information content (AvgIpc) is 3.57. The maximum atomic E-state index is 14.0. The predicted octanol–water partition coefficient (Wildman–Crippen LogP) is 4.47. The highest BCUT2D eigenvalue weighted by atomic mass is 35.5. The van der Waals surface area contributed by atoms with Gasteiger partial charge in [-0.25, -0.2) is 4.90 Å².